The van der Waals surface area contributed by atoms with Gasteiger partial charge in [0.2, 0.25) is 0 Å². The van der Waals surface area contributed by atoms with Gasteiger partial charge in [0.1, 0.15) is 20.2 Å². The third-order valence-corrected chi connectivity index (χ3v) is 8.46. The Labute approximate surface area is 267 Å². The largest absolute Gasteiger partial charge is 2.00 e. The maximum absolute atomic E-state index is 11.1. The zero-order valence-corrected chi connectivity index (χ0v) is 27.7. The minimum absolute atomic E-state index is 0. The van der Waals surface area contributed by atoms with E-state index in [1.54, 1.807) is 36.4 Å². The van der Waals surface area contributed by atoms with Crippen molar-refractivity contribution in [3.63, 3.8) is 0 Å². The van der Waals surface area contributed by atoms with Crippen molar-refractivity contribution in [1.82, 2.24) is 0 Å². The molecule has 0 atom stereocenters. The molecule has 0 saturated carbocycles. The van der Waals surface area contributed by atoms with Gasteiger partial charge in [-0.3, -0.25) is 0 Å². The fourth-order valence-electron chi connectivity index (χ4n) is 4.45. The Bertz CT molecular complexity index is 1030. The molecule has 0 spiro atoms. The summed E-state index contributed by atoms with van der Waals surface area (Å²) in [5.74, 6) is 0. The maximum Gasteiger partial charge on any atom is 2.00 e. The first-order chi connectivity index (χ1) is 18.1. The van der Waals surface area contributed by atoms with E-state index in [-0.39, 0.29) is 47.5 Å². The number of rotatable bonds is 18. The molecule has 0 unspecified atom stereocenters. The fraction of sp³-hybridized carbons (Fsp3) is 0.600. The summed E-state index contributed by atoms with van der Waals surface area (Å²) in [6, 6.07) is 13.0. The molecule has 2 aromatic carbocycles. The molecule has 2 aromatic rings. The summed E-state index contributed by atoms with van der Waals surface area (Å²) in [6.07, 6.45) is 17.9. The Hall–Kier alpha value is -0.480. The molecule has 6 nitrogen and oxygen atoms in total. The monoisotopic (exact) mass is 606 g/mol. The molecule has 216 valence electrons. The van der Waals surface area contributed by atoms with Crippen molar-refractivity contribution < 1.29 is 25.9 Å². The topological polar surface area (TPSA) is 114 Å². The van der Waals surface area contributed by atoms with E-state index >= 15 is 0 Å². The third kappa shape index (κ3) is 17.8. The molecule has 0 N–H and O–H groups in total. The maximum atomic E-state index is 11.1. The molecule has 0 aliphatic carbocycles. The quantitative estimate of drug-likeness (QED) is 0.0993. The van der Waals surface area contributed by atoms with Gasteiger partial charge in [0.05, 0.1) is 9.79 Å². The van der Waals surface area contributed by atoms with E-state index in [0.29, 0.717) is 24.0 Å². The van der Waals surface area contributed by atoms with Crippen molar-refractivity contribution in [3.05, 3.63) is 59.7 Å². The number of unbranched alkanes of at least 4 members (excludes halogenated alkanes) is 12. The van der Waals surface area contributed by atoms with E-state index in [4.69, 9.17) is 0 Å². The molecule has 0 amide bonds. The zero-order chi connectivity index (χ0) is 28.3. The van der Waals surface area contributed by atoms with Crippen LogP contribution < -0.4 is 0 Å². The van der Waals surface area contributed by atoms with E-state index in [9.17, 15) is 25.9 Å². The Kier molecular flexibility index (Phi) is 21.9. The first kappa shape index (κ1) is 38.5. The second-order valence-corrected chi connectivity index (χ2v) is 12.6. The van der Waals surface area contributed by atoms with E-state index in [0.717, 1.165) is 25.7 Å². The van der Waals surface area contributed by atoms with Crippen LogP contribution in [-0.4, -0.2) is 63.7 Å². The van der Waals surface area contributed by atoms with Crippen LogP contribution in [0.1, 0.15) is 115 Å². The van der Waals surface area contributed by atoms with E-state index in [1.807, 2.05) is 0 Å². The summed E-state index contributed by atoms with van der Waals surface area (Å²) in [4.78, 5) is -0.109. The van der Waals surface area contributed by atoms with Crippen molar-refractivity contribution in [2.75, 3.05) is 0 Å². The van der Waals surface area contributed by atoms with Crippen LogP contribution >= 0.6 is 0 Å². The number of hydrogen-bond donors (Lipinski definition) is 0. The van der Waals surface area contributed by atoms with Crippen molar-refractivity contribution in [2.45, 2.75) is 126 Å². The van der Waals surface area contributed by atoms with Gasteiger partial charge in [0.25, 0.3) is 0 Å². The summed E-state index contributed by atoms with van der Waals surface area (Å²) < 4.78 is 66.6. The molecule has 0 aromatic heterocycles. The standard InChI is InChI=1S/2C15H24O3S.Ca/c2*1-2-3-4-5-6-7-8-11-14-12-9-10-13-15(14)19(16,17)18;/h2*9-10,12-13H,2-8,11H2,1H3,(H,16,17,18);/q;;+2/p-2. The fourth-order valence-corrected chi connectivity index (χ4v) is 5.93. The molecule has 0 aliphatic heterocycles. The van der Waals surface area contributed by atoms with Gasteiger partial charge in [0.15, 0.2) is 0 Å². The van der Waals surface area contributed by atoms with Crippen LogP contribution in [0.2, 0.25) is 0 Å². The second-order valence-electron chi connectivity index (χ2n) is 9.87. The van der Waals surface area contributed by atoms with E-state index in [1.165, 1.54) is 76.3 Å². The van der Waals surface area contributed by atoms with Crippen LogP contribution in [-0.2, 0) is 33.1 Å². The molecule has 39 heavy (non-hydrogen) atoms. The Morgan fingerprint density at radius 3 is 1.08 bits per heavy atom. The van der Waals surface area contributed by atoms with Crippen LogP contribution in [0.25, 0.3) is 0 Å². The number of benzene rings is 2. The number of aryl methyl sites for hydroxylation is 2. The van der Waals surface area contributed by atoms with Gasteiger partial charge in [-0.25, -0.2) is 16.8 Å². The first-order valence-electron chi connectivity index (χ1n) is 14.2. The summed E-state index contributed by atoms with van der Waals surface area (Å²) in [7, 11) is -8.68. The Balaban J connectivity index is 0.000000722. The van der Waals surface area contributed by atoms with Gasteiger partial charge in [-0.05, 0) is 48.9 Å². The van der Waals surface area contributed by atoms with E-state index in [2.05, 4.69) is 13.8 Å². The summed E-state index contributed by atoms with van der Waals surface area (Å²) in [5, 5.41) is 0. The molecule has 0 fully saturated rings. The van der Waals surface area contributed by atoms with Gasteiger partial charge < -0.3 is 9.11 Å². The Morgan fingerprint density at radius 2 is 0.769 bits per heavy atom. The molecule has 9 heteroatoms. The van der Waals surface area contributed by atoms with Crippen molar-refractivity contribution in [1.29, 1.82) is 0 Å². The Morgan fingerprint density at radius 1 is 0.487 bits per heavy atom. The minimum atomic E-state index is -4.34. The predicted octanol–water partition coefficient (Wildman–Crippen LogP) is 7.39. The SMILES string of the molecule is CCCCCCCCCc1ccccc1S(=O)(=O)[O-].CCCCCCCCCc1ccccc1S(=O)(=O)[O-].[Ca+2]. The molecule has 0 radical (unpaired) electrons. The molecular weight excluding hydrogens is 561 g/mol. The van der Waals surface area contributed by atoms with Gasteiger partial charge in [-0.1, -0.05) is 127 Å². The molecule has 0 saturated heterocycles. The zero-order valence-electron chi connectivity index (χ0n) is 23.9. The molecule has 2 rings (SSSR count). The van der Waals surface area contributed by atoms with Gasteiger partial charge in [0, 0.05) is 0 Å². The molecule has 0 bridgehead atoms. The van der Waals surface area contributed by atoms with Crippen molar-refractivity contribution in [2.24, 2.45) is 0 Å². The molecular formula is C30H46CaO6S2. The summed E-state index contributed by atoms with van der Waals surface area (Å²) in [6.45, 7) is 4.39. The molecule has 0 aliphatic rings. The third-order valence-electron chi connectivity index (χ3n) is 6.58. The average molecular weight is 607 g/mol. The van der Waals surface area contributed by atoms with Crippen LogP contribution in [0.3, 0.4) is 0 Å². The minimum Gasteiger partial charge on any atom is -0.744 e. The normalized spacial score (nSPS) is 11.4. The van der Waals surface area contributed by atoms with Gasteiger partial charge in [-0.2, -0.15) is 0 Å². The van der Waals surface area contributed by atoms with Crippen LogP contribution in [0.5, 0.6) is 0 Å². The molecule has 0 heterocycles. The van der Waals surface area contributed by atoms with Crippen LogP contribution in [0, 0.1) is 0 Å². The van der Waals surface area contributed by atoms with Gasteiger partial charge in [-0.15, -0.1) is 0 Å². The smallest absolute Gasteiger partial charge is 0.744 e. The van der Waals surface area contributed by atoms with Crippen LogP contribution in [0.4, 0.5) is 0 Å². The first-order valence-corrected chi connectivity index (χ1v) is 17.0. The van der Waals surface area contributed by atoms with Crippen LogP contribution in [0.15, 0.2) is 58.3 Å². The van der Waals surface area contributed by atoms with Crippen molar-refractivity contribution in [3.8, 4) is 0 Å². The van der Waals surface area contributed by atoms with E-state index < -0.39 is 20.2 Å². The van der Waals surface area contributed by atoms with Gasteiger partial charge >= 0.3 is 37.7 Å². The summed E-state index contributed by atoms with van der Waals surface area (Å²) in [5.41, 5.74) is 1.32. The number of hydrogen-bond acceptors (Lipinski definition) is 6. The second kappa shape index (κ2) is 22.2. The van der Waals surface area contributed by atoms with Crippen molar-refractivity contribution >= 4 is 58.0 Å². The summed E-state index contributed by atoms with van der Waals surface area (Å²) >= 11 is 0. The average Bonchev–Trinajstić information content (AvgIpc) is 2.87. The predicted molar refractivity (Wildman–Crippen MR) is 158 cm³/mol.